The SMILES string of the molecule is NC(=O)c1ccc(OCC(N)C(=O)O)c([N+](=O)[O-])c1. The van der Waals surface area contributed by atoms with Gasteiger partial charge in [0.05, 0.1) is 4.92 Å². The number of amides is 1. The van der Waals surface area contributed by atoms with Crippen molar-refractivity contribution in [3.63, 3.8) is 0 Å². The molecule has 0 spiro atoms. The maximum absolute atomic E-state index is 10.9. The lowest BCUT2D eigenvalue weighted by Gasteiger charge is -2.09. The zero-order chi connectivity index (χ0) is 14.6. The number of nitrogens with zero attached hydrogens (tertiary/aromatic N) is 1. The number of carboxylic acids is 1. The van der Waals surface area contributed by atoms with Crippen LogP contribution in [0.15, 0.2) is 18.2 Å². The number of benzene rings is 1. The number of carbonyl (C=O) groups excluding carboxylic acids is 1. The Morgan fingerprint density at radius 3 is 2.58 bits per heavy atom. The maximum Gasteiger partial charge on any atom is 0.324 e. The summed E-state index contributed by atoms with van der Waals surface area (Å²) in [6, 6.07) is 2.03. The van der Waals surface area contributed by atoms with E-state index in [0.717, 1.165) is 12.1 Å². The van der Waals surface area contributed by atoms with Crippen LogP contribution in [0, 0.1) is 10.1 Å². The molecule has 0 aromatic heterocycles. The summed E-state index contributed by atoms with van der Waals surface area (Å²) < 4.78 is 4.96. The molecule has 1 rings (SSSR count). The Morgan fingerprint density at radius 1 is 1.47 bits per heavy atom. The summed E-state index contributed by atoms with van der Waals surface area (Å²) in [6.07, 6.45) is 0. The van der Waals surface area contributed by atoms with Gasteiger partial charge in [0.1, 0.15) is 12.6 Å². The second-order valence-electron chi connectivity index (χ2n) is 3.56. The van der Waals surface area contributed by atoms with Gasteiger partial charge in [-0.05, 0) is 12.1 Å². The molecule has 1 aromatic carbocycles. The summed E-state index contributed by atoms with van der Waals surface area (Å²) in [5, 5.41) is 19.4. The van der Waals surface area contributed by atoms with Gasteiger partial charge in [-0.15, -0.1) is 0 Å². The van der Waals surface area contributed by atoms with E-state index >= 15 is 0 Å². The topological polar surface area (TPSA) is 159 Å². The van der Waals surface area contributed by atoms with E-state index in [4.69, 9.17) is 21.3 Å². The van der Waals surface area contributed by atoms with Crippen LogP contribution in [-0.4, -0.2) is 34.6 Å². The largest absolute Gasteiger partial charge is 0.485 e. The van der Waals surface area contributed by atoms with E-state index in [-0.39, 0.29) is 11.3 Å². The standard InChI is InChI=1S/C10H11N3O6/c11-6(10(15)16)4-19-8-2-1-5(9(12)14)3-7(8)13(17)18/h1-3,6H,4,11H2,(H2,12,14)(H,15,16). The molecule has 0 aliphatic carbocycles. The molecule has 9 nitrogen and oxygen atoms in total. The normalized spacial score (nSPS) is 11.6. The molecular formula is C10H11N3O6. The van der Waals surface area contributed by atoms with Crippen molar-refractivity contribution >= 4 is 17.6 Å². The van der Waals surface area contributed by atoms with E-state index in [2.05, 4.69) is 0 Å². The Balaban J connectivity index is 2.97. The molecule has 5 N–H and O–H groups in total. The van der Waals surface area contributed by atoms with Gasteiger partial charge >= 0.3 is 11.7 Å². The highest BCUT2D eigenvalue weighted by molar-refractivity contribution is 5.93. The van der Waals surface area contributed by atoms with Gasteiger partial charge < -0.3 is 21.3 Å². The molecule has 1 atom stereocenters. The predicted octanol–water partition coefficient (Wildman–Crippen LogP) is -0.516. The first-order valence-electron chi connectivity index (χ1n) is 5.02. The van der Waals surface area contributed by atoms with Gasteiger partial charge in [0.15, 0.2) is 5.75 Å². The van der Waals surface area contributed by atoms with Gasteiger partial charge in [0.25, 0.3) is 0 Å². The molecule has 0 radical (unpaired) electrons. The lowest BCUT2D eigenvalue weighted by Crippen LogP contribution is -2.36. The van der Waals surface area contributed by atoms with Crippen LogP contribution in [-0.2, 0) is 4.79 Å². The quantitative estimate of drug-likeness (QED) is 0.462. The number of primary amides is 1. The smallest absolute Gasteiger partial charge is 0.324 e. The molecule has 0 saturated carbocycles. The van der Waals surface area contributed by atoms with Crippen molar-refractivity contribution < 1.29 is 24.4 Å². The minimum absolute atomic E-state index is 0.0541. The average molecular weight is 269 g/mol. The maximum atomic E-state index is 10.9. The van der Waals surface area contributed by atoms with E-state index in [9.17, 15) is 19.7 Å². The number of ether oxygens (including phenoxy) is 1. The molecule has 0 fully saturated rings. The van der Waals surface area contributed by atoms with Crippen molar-refractivity contribution in [1.29, 1.82) is 0 Å². The van der Waals surface area contributed by atoms with E-state index in [1.807, 2.05) is 0 Å². The molecular weight excluding hydrogens is 258 g/mol. The summed E-state index contributed by atoms with van der Waals surface area (Å²) in [6.45, 7) is -0.438. The summed E-state index contributed by atoms with van der Waals surface area (Å²) in [7, 11) is 0. The van der Waals surface area contributed by atoms with Gasteiger partial charge in [-0.1, -0.05) is 0 Å². The van der Waals surface area contributed by atoms with E-state index in [1.165, 1.54) is 6.07 Å². The lowest BCUT2D eigenvalue weighted by atomic mass is 10.2. The number of aliphatic carboxylic acids is 1. The van der Waals surface area contributed by atoms with Gasteiger partial charge in [0, 0.05) is 11.6 Å². The molecule has 0 saturated heterocycles. The Kier molecular flexibility index (Phi) is 4.37. The molecule has 1 unspecified atom stereocenters. The highest BCUT2D eigenvalue weighted by Gasteiger charge is 2.20. The number of nitro benzene ring substituents is 1. The van der Waals surface area contributed by atoms with Crippen molar-refractivity contribution in [2.45, 2.75) is 6.04 Å². The summed E-state index contributed by atoms with van der Waals surface area (Å²) in [5.41, 5.74) is 9.65. The summed E-state index contributed by atoms with van der Waals surface area (Å²) >= 11 is 0. The minimum Gasteiger partial charge on any atom is -0.485 e. The summed E-state index contributed by atoms with van der Waals surface area (Å²) in [4.78, 5) is 31.4. The van der Waals surface area contributed by atoms with Crippen LogP contribution in [0.4, 0.5) is 5.69 Å². The zero-order valence-corrected chi connectivity index (χ0v) is 9.61. The third-order valence-electron chi connectivity index (χ3n) is 2.18. The van der Waals surface area contributed by atoms with E-state index < -0.39 is 35.1 Å². The van der Waals surface area contributed by atoms with Crippen LogP contribution in [0.1, 0.15) is 10.4 Å². The summed E-state index contributed by atoms with van der Waals surface area (Å²) in [5.74, 6) is -2.31. The molecule has 1 aromatic rings. The number of hydrogen-bond acceptors (Lipinski definition) is 6. The van der Waals surface area contributed by atoms with Crippen molar-refractivity contribution in [3.8, 4) is 5.75 Å². The third-order valence-corrected chi connectivity index (χ3v) is 2.18. The minimum atomic E-state index is -1.31. The van der Waals surface area contributed by atoms with Gasteiger partial charge in [0.2, 0.25) is 5.91 Å². The van der Waals surface area contributed by atoms with Crippen molar-refractivity contribution in [3.05, 3.63) is 33.9 Å². The molecule has 0 aliphatic heterocycles. The molecule has 0 aliphatic rings. The van der Waals surface area contributed by atoms with Crippen LogP contribution in [0.5, 0.6) is 5.75 Å². The molecule has 19 heavy (non-hydrogen) atoms. The van der Waals surface area contributed by atoms with Crippen LogP contribution in [0.25, 0.3) is 0 Å². The Morgan fingerprint density at radius 2 is 2.11 bits per heavy atom. The van der Waals surface area contributed by atoms with Gasteiger partial charge in [-0.25, -0.2) is 0 Å². The zero-order valence-electron chi connectivity index (χ0n) is 9.61. The Labute approximate surface area is 106 Å². The first kappa shape index (κ1) is 14.4. The number of nitrogens with two attached hydrogens (primary N) is 2. The van der Waals surface area contributed by atoms with E-state index in [0.29, 0.717) is 0 Å². The Hall–Kier alpha value is -2.68. The average Bonchev–Trinajstić information content (AvgIpc) is 2.35. The first-order valence-corrected chi connectivity index (χ1v) is 5.02. The second-order valence-corrected chi connectivity index (χ2v) is 3.56. The van der Waals surface area contributed by atoms with Crippen molar-refractivity contribution in [2.24, 2.45) is 11.5 Å². The second kappa shape index (κ2) is 5.78. The number of carboxylic acid groups (broad SMARTS) is 1. The van der Waals surface area contributed by atoms with Crippen LogP contribution in [0.2, 0.25) is 0 Å². The highest BCUT2D eigenvalue weighted by Crippen LogP contribution is 2.27. The fourth-order valence-corrected chi connectivity index (χ4v) is 1.19. The molecule has 102 valence electrons. The fraction of sp³-hybridized carbons (Fsp3) is 0.200. The first-order chi connectivity index (χ1) is 8.82. The number of nitro groups is 1. The molecule has 9 heteroatoms. The van der Waals surface area contributed by atoms with Gasteiger partial charge in [-0.2, -0.15) is 0 Å². The van der Waals surface area contributed by atoms with Crippen LogP contribution in [0.3, 0.4) is 0 Å². The molecule has 0 bridgehead atoms. The van der Waals surface area contributed by atoms with Gasteiger partial charge in [-0.3, -0.25) is 19.7 Å². The number of hydrogen-bond donors (Lipinski definition) is 3. The van der Waals surface area contributed by atoms with Crippen molar-refractivity contribution in [2.75, 3.05) is 6.61 Å². The lowest BCUT2D eigenvalue weighted by molar-refractivity contribution is -0.385. The van der Waals surface area contributed by atoms with Crippen molar-refractivity contribution in [1.82, 2.24) is 0 Å². The fourth-order valence-electron chi connectivity index (χ4n) is 1.19. The highest BCUT2D eigenvalue weighted by atomic mass is 16.6. The predicted molar refractivity (Wildman–Crippen MR) is 62.7 cm³/mol. The molecule has 1 amide bonds. The Bertz CT molecular complexity index is 530. The monoisotopic (exact) mass is 269 g/mol. The molecule has 0 heterocycles. The third kappa shape index (κ3) is 3.64. The van der Waals surface area contributed by atoms with Crippen LogP contribution < -0.4 is 16.2 Å². The van der Waals surface area contributed by atoms with Crippen LogP contribution >= 0.6 is 0 Å². The number of carbonyl (C=O) groups is 2. The number of rotatable bonds is 6. The van der Waals surface area contributed by atoms with E-state index in [1.54, 1.807) is 0 Å².